The quantitative estimate of drug-likeness (QED) is 0.866. The molecule has 98 valence electrons. The summed E-state index contributed by atoms with van der Waals surface area (Å²) < 4.78 is 0. The SMILES string of the molecule is CC(C)c1ccccc1NCC(=O)N(C)C1CC1. The summed E-state index contributed by atoms with van der Waals surface area (Å²) in [6, 6.07) is 8.68. The molecule has 1 N–H and O–H groups in total. The van der Waals surface area contributed by atoms with E-state index in [0.717, 1.165) is 18.5 Å². The first kappa shape index (κ1) is 12.9. The Morgan fingerprint density at radius 1 is 1.39 bits per heavy atom. The molecule has 0 saturated heterocycles. The van der Waals surface area contributed by atoms with E-state index in [1.807, 2.05) is 30.1 Å². The standard InChI is InChI=1S/C15H22N2O/c1-11(2)13-6-4-5-7-14(13)16-10-15(18)17(3)12-8-9-12/h4-7,11-12,16H,8-10H2,1-3H3. The molecule has 0 unspecified atom stereocenters. The van der Waals surface area contributed by atoms with E-state index >= 15 is 0 Å². The third-order valence-electron chi connectivity index (χ3n) is 3.50. The van der Waals surface area contributed by atoms with Crippen molar-refractivity contribution in [3.05, 3.63) is 29.8 Å². The highest BCUT2D eigenvalue weighted by Gasteiger charge is 2.29. The predicted octanol–water partition coefficient (Wildman–Crippen LogP) is 2.84. The number of carbonyl (C=O) groups excluding carboxylic acids is 1. The van der Waals surface area contributed by atoms with Gasteiger partial charge < -0.3 is 10.2 Å². The van der Waals surface area contributed by atoms with Gasteiger partial charge in [-0.3, -0.25) is 4.79 Å². The largest absolute Gasteiger partial charge is 0.376 e. The zero-order chi connectivity index (χ0) is 13.1. The molecule has 1 aromatic rings. The number of benzene rings is 1. The summed E-state index contributed by atoms with van der Waals surface area (Å²) in [4.78, 5) is 13.8. The molecule has 1 aliphatic carbocycles. The summed E-state index contributed by atoms with van der Waals surface area (Å²) >= 11 is 0. The Labute approximate surface area is 109 Å². The maximum atomic E-state index is 11.9. The first-order valence-corrected chi connectivity index (χ1v) is 6.68. The van der Waals surface area contributed by atoms with Crippen molar-refractivity contribution in [2.75, 3.05) is 18.9 Å². The Kier molecular flexibility index (Phi) is 3.90. The van der Waals surface area contributed by atoms with Gasteiger partial charge in [-0.2, -0.15) is 0 Å². The van der Waals surface area contributed by atoms with Crippen molar-refractivity contribution in [3.63, 3.8) is 0 Å². The number of amides is 1. The molecule has 18 heavy (non-hydrogen) atoms. The number of hydrogen-bond donors (Lipinski definition) is 1. The summed E-state index contributed by atoms with van der Waals surface area (Å²) in [5.41, 5.74) is 2.34. The highest BCUT2D eigenvalue weighted by molar-refractivity contribution is 5.81. The third-order valence-corrected chi connectivity index (χ3v) is 3.50. The van der Waals surface area contributed by atoms with Crippen LogP contribution in [0.4, 0.5) is 5.69 Å². The molecule has 3 nitrogen and oxygen atoms in total. The van der Waals surface area contributed by atoms with Crippen LogP contribution in [0.25, 0.3) is 0 Å². The predicted molar refractivity (Wildman–Crippen MR) is 74.8 cm³/mol. The van der Waals surface area contributed by atoms with E-state index < -0.39 is 0 Å². The molecular formula is C15H22N2O. The fourth-order valence-corrected chi connectivity index (χ4v) is 2.12. The van der Waals surface area contributed by atoms with E-state index in [9.17, 15) is 4.79 Å². The second-order valence-corrected chi connectivity index (χ2v) is 5.33. The van der Waals surface area contributed by atoms with Gasteiger partial charge in [-0.1, -0.05) is 32.0 Å². The van der Waals surface area contributed by atoms with E-state index in [-0.39, 0.29) is 5.91 Å². The van der Waals surface area contributed by atoms with Crippen molar-refractivity contribution in [3.8, 4) is 0 Å². The van der Waals surface area contributed by atoms with Crippen molar-refractivity contribution >= 4 is 11.6 Å². The molecule has 1 aliphatic rings. The van der Waals surface area contributed by atoms with Gasteiger partial charge in [-0.05, 0) is 30.4 Å². The fourth-order valence-electron chi connectivity index (χ4n) is 2.12. The molecule has 3 heteroatoms. The van der Waals surface area contributed by atoms with Crippen LogP contribution in [0.2, 0.25) is 0 Å². The number of rotatable bonds is 5. The molecule has 0 heterocycles. The Hall–Kier alpha value is -1.51. The monoisotopic (exact) mass is 246 g/mol. The third kappa shape index (κ3) is 3.03. The van der Waals surface area contributed by atoms with Crippen LogP contribution < -0.4 is 5.32 Å². The van der Waals surface area contributed by atoms with Crippen LogP contribution in [-0.2, 0) is 4.79 Å². The summed E-state index contributed by atoms with van der Waals surface area (Å²) in [5, 5.41) is 3.27. The topological polar surface area (TPSA) is 32.3 Å². The first-order valence-electron chi connectivity index (χ1n) is 6.68. The molecule has 0 aliphatic heterocycles. The summed E-state index contributed by atoms with van der Waals surface area (Å²) in [6.07, 6.45) is 2.32. The minimum atomic E-state index is 0.177. The maximum Gasteiger partial charge on any atom is 0.241 e. The molecule has 1 fully saturated rings. The Morgan fingerprint density at radius 2 is 2.06 bits per heavy atom. The Bertz CT molecular complexity index is 424. The maximum absolute atomic E-state index is 11.9. The highest BCUT2D eigenvalue weighted by atomic mass is 16.2. The van der Waals surface area contributed by atoms with Crippen LogP contribution in [0.3, 0.4) is 0 Å². The zero-order valence-electron chi connectivity index (χ0n) is 11.4. The Morgan fingerprint density at radius 3 is 2.67 bits per heavy atom. The van der Waals surface area contributed by atoms with Gasteiger partial charge in [0.15, 0.2) is 0 Å². The van der Waals surface area contributed by atoms with Gasteiger partial charge in [0.05, 0.1) is 6.54 Å². The van der Waals surface area contributed by atoms with Crippen LogP contribution in [0.1, 0.15) is 38.2 Å². The average molecular weight is 246 g/mol. The number of para-hydroxylation sites is 1. The van der Waals surface area contributed by atoms with E-state index in [1.165, 1.54) is 5.56 Å². The van der Waals surface area contributed by atoms with E-state index in [1.54, 1.807) is 0 Å². The van der Waals surface area contributed by atoms with Crippen molar-refractivity contribution in [2.24, 2.45) is 0 Å². The van der Waals surface area contributed by atoms with Crippen LogP contribution in [0.15, 0.2) is 24.3 Å². The fraction of sp³-hybridized carbons (Fsp3) is 0.533. The molecule has 1 saturated carbocycles. The minimum absolute atomic E-state index is 0.177. The number of nitrogens with one attached hydrogen (secondary N) is 1. The molecule has 0 bridgehead atoms. The number of nitrogens with zero attached hydrogens (tertiary/aromatic N) is 1. The van der Waals surface area contributed by atoms with Gasteiger partial charge in [0.2, 0.25) is 5.91 Å². The zero-order valence-corrected chi connectivity index (χ0v) is 11.4. The van der Waals surface area contributed by atoms with Gasteiger partial charge >= 0.3 is 0 Å². The molecule has 0 radical (unpaired) electrons. The molecular weight excluding hydrogens is 224 g/mol. The molecule has 0 atom stereocenters. The molecule has 1 amide bonds. The molecule has 0 spiro atoms. The minimum Gasteiger partial charge on any atom is -0.376 e. The van der Waals surface area contributed by atoms with E-state index in [2.05, 4.69) is 25.2 Å². The van der Waals surface area contributed by atoms with Crippen molar-refractivity contribution < 1.29 is 4.79 Å². The van der Waals surface area contributed by atoms with Crippen LogP contribution in [0, 0.1) is 0 Å². The van der Waals surface area contributed by atoms with Crippen LogP contribution >= 0.6 is 0 Å². The lowest BCUT2D eigenvalue weighted by molar-refractivity contribution is -0.128. The number of anilines is 1. The van der Waals surface area contributed by atoms with Gasteiger partial charge in [0, 0.05) is 18.8 Å². The van der Waals surface area contributed by atoms with E-state index in [0.29, 0.717) is 18.5 Å². The summed E-state index contributed by atoms with van der Waals surface area (Å²) in [7, 11) is 1.90. The smallest absolute Gasteiger partial charge is 0.241 e. The summed E-state index contributed by atoms with van der Waals surface area (Å²) in [6.45, 7) is 4.72. The normalized spacial score (nSPS) is 14.7. The average Bonchev–Trinajstić information content (AvgIpc) is 3.19. The van der Waals surface area contributed by atoms with Crippen LogP contribution in [0.5, 0.6) is 0 Å². The van der Waals surface area contributed by atoms with Crippen molar-refractivity contribution in [2.45, 2.75) is 38.6 Å². The number of carbonyl (C=O) groups is 1. The molecule has 0 aromatic heterocycles. The lowest BCUT2D eigenvalue weighted by Gasteiger charge is -2.19. The molecule has 2 rings (SSSR count). The van der Waals surface area contributed by atoms with Gasteiger partial charge in [-0.15, -0.1) is 0 Å². The van der Waals surface area contributed by atoms with Crippen molar-refractivity contribution in [1.82, 2.24) is 4.90 Å². The second kappa shape index (κ2) is 5.42. The van der Waals surface area contributed by atoms with E-state index in [4.69, 9.17) is 0 Å². The lowest BCUT2D eigenvalue weighted by Crippen LogP contribution is -2.33. The van der Waals surface area contributed by atoms with Gasteiger partial charge in [0.25, 0.3) is 0 Å². The molecule has 1 aromatic carbocycles. The van der Waals surface area contributed by atoms with Crippen molar-refractivity contribution in [1.29, 1.82) is 0 Å². The first-order chi connectivity index (χ1) is 8.59. The number of likely N-dealkylation sites (N-methyl/N-ethyl adjacent to an activating group) is 1. The highest BCUT2D eigenvalue weighted by Crippen LogP contribution is 2.26. The van der Waals surface area contributed by atoms with Gasteiger partial charge in [-0.25, -0.2) is 0 Å². The number of hydrogen-bond acceptors (Lipinski definition) is 2. The lowest BCUT2D eigenvalue weighted by atomic mass is 10.0. The van der Waals surface area contributed by atoms with Crippen LogP contribution in [-0.4, -0.2) is 30.4 Å². The van der Waals surface area contributed by atoms with Gasteiger partial charge in [0.1, 0.15) is 0 Å². The Balaban J connectivity index is 1.95. The summed E-state index contributed by atoms with van der Waals surface area (Å²) in [5.74, 6) is 0.640. The second-order valence-electron chi connectivity index (χ2n) is 5.33.